The second-order valence-electron chi connectivity index (χ2n) is 5.39. The number of halogens is 2. The van der Waals surface area contributed by atoms with Gasteiger partial charge in [-0.15, -0.1) is 11.3 Å². The van der Waals surface area contributed by atoms with Gasteiger partial charge in [0.25, 0.3) is 0 Å². The zero-order chi connectivity index (χ0) is 18.5. The van der Waals surface area contributed by atoms with Crippen molar-refractivity contribution in [2.24, 2.45) is 0 Å². The molecule has 0 atom stereocenters. The van der Waals surface area contributed by atoms with Gasteiger partial charge in [0.2, 0.25) is 5.28 Å². The molecule has 0 aliphatic heterocycles. The van der Waals surface area contributed by atoms with Gasteiger partial charge >= 0.3 is 0 Å². The van der Waals surface area contributed by atoms with Crippen molar-refractivity contribution in [3.8, 4) is 33.3 Å². The number of aromatic nitrogens is 3. The summed E-state index contributed by atoms with van der Waals surface area (Å²) in [6.07, 6.45) is 2.59. The van der Waals surface area contributed by atoms with E-state index >= 15 is 0 Å². The number of rotatable bonds is 7. The summed E-state index contributed by atoms with van der Waals surface area (Å²) in [7, 11) is 3.19. The first-order valence-electron chi connectivity index (χ1n) is 7.92. The monoisotopic (exact) mass is 393 g/mol. The van der Waals surface area contributed by atoms with Crippen LogP contribution in [0.4, 0.5) is 4.39 Å². The van der Waals surface area contributed by atoms with Crippen molar-refractivity contribution in [2.75, 3.05) is 20.9 Å². The number of ether oxygens (including phenoxy) is 2. The second kappa shape index (κ2) is 8.42. The van der Waals surface area contributed by atoms with E-state index in [-0.39, 0.29) is 12.0 Å². The van der Waals surface area contributed by atoms with Crippen molar-refractivity contribution in [3.05, 3.63) is 40.8 Å². The molecule has 2 heterocycles. The zero-order valence-corrected chi connectivity index (χ0v) is 15.9. The number of alkyl halides is 1. The van der Waals surface area contributed by atoms with Crippen molar-refractivity contribution in [2.45, 2.75) is 12.8 Å². The van der Waals surface area contributed by atoms with Crippen LogP contribution < -0.4 is 9.47 Å². The molecule has 5 nitrogen and oxygen atoms in total. The first kappa shape index (κ1) is 18.5. The molecule has 8 heteroatoms. The molecular formula is C18H17ClFN3O2S. The molecule has 0 spiro atoms. The number of hydrogen-bond acceptors (Lipinski definition) is 6. The minimum atomic E-state index is -0.378. The molecule has 0 N–H and O–H groups in total. The number of methoxy groups -OCH3 is 2. The highest BCUT2D eigenvalue weighted by Crippen LogP contribution is 2.39. The van der Waals surface area contributed by atoms with Gasteiger partial charge in [-0.25, -0.2) is 15.0 Å². The Kier molecular flexibility index (Phi) is 6.00. The van der Waals surface area contributed by atoms with Crippen LogP contribution in [0.5, 0.6) is 11.5 Å². The summed E-state index contributed by atoms with van der Waals surface area (Å²) in [6, 6.07) is 7.33. The van der Waals surface area contributed by atoms with Crippen LogP contribution in [0, 0.1) is 0 Å². The van der Waals surface area contributed by atoms with Gasteiger partial charge in [0.1, 0.15) is 11.5 Å². The maximum Gasteiger partial charge on any atom is 0.222 e. The summed E-state index contributed by atoms with van der Waals surface area (Å²) in [5, 5.41) is 1.000. The van der Waals surface area contributed by atoms with E-state index in [0.717, 1.165) is 21.1 Å². The normalized spacial score (nSPS) is 10.8. The van der Waals surface area contributed by atoms with Gasteiger partial charge in [-0.2, -0.15) is 0 Å². The summed E-state index contributed by atoms with van der Waals surface area (Å²) in [5.74, 6) is 1.31. The van der Waals surface area contributed by atoms with Gasteiger partial charge in [-0.3, -0.25) is 4.39 Å². The smallest absolute Gasteiger partial charge is 0.222 e. The van der Waals surface area contributed by atoms with Crippen LogP contribution in [0.2, 0.25) is 5.28 Å². The largest absolute Gasteiger partial charge is 0.497 e. The third-order valence-electron chi connectivity index (χ3n) is 3.68. The summed E-state index contributed by atoms with van der Waals surface area (Å²) < 4.78 is 23.3. The molecule has 0 radical (unpaired) electrons. The molecule has 0 fully saturated rings. The molecule has 0 aliphatic rings. The van der Waals surface area contributed by atoms with E-state index in [0.29, 0.717) is 30.0 Å². The van der Waals surface area contributed by atoms with Crippen LogP contribution >= 0.6 is 22.9 Å². The lowest BCUT2D eigenvalue weighted by atomic mass is 10.1. The summed E-state index contributed by atoms with van der Waals surface area (Å²) >= 11 is 7.43. The summed E-state index contributed by atoms with van der Waals surface area (Å²) in [4.78, 5) is 13.8. The standard InChI is InChI=1S/C18H17ClFN3O2S/c1-24-12-8-11(9-13(10-12)25-2)16-17(14-5-7-21-18(19)22-14)26-15(23-16)4-3-6-20/h5,7-10H,3-4,6H2,1-2H3. The summed E-state index contributed by atoms with van der Waals surface area (Å²) in [5.41, 5.74) is 2.23. The second-order valence-corrected chi connectivity index (χ2v) is 6.81. The van der Waals surface area contributed by atoms with Crippen LogP contribution in [0.25, 0.3) is 21.8 Å². The van der Waals surface area contributed by atoms with Crippen LogP contribution in [0.3, 0.4) is 0 Å². The number of aryl methyl sites for hydroxylation is 1. The van der Waals surface area contributed by atoms with Gasteiger partial charge in [0, 0.05) is 24.2 Å². The maximum absolute atomic E-state index is 12.6. The lowest BCUT2D eigenvalue weighted by Crippen LogP contribution is -1.91. The quantitative estimate of drug-likeness (QED) is 0.537. The van der Waals surface area contributed by atoms with E-state index in [9.17, 15) is 4.39 Å². The van der Waals surface area contributed by atoms with Crippen LogP contribution in [0.15, 0.2) is 30.5 Å². The molecule has 136 valence electrons. The molecule has 3 aromatic rings. The average molecular weight is 394 g/mol. The lowest BCUT2D eigenvalue weighted by molar-refractivity contribution is 0.394. The molecule has 26 heavy (non-hydrogen) atoms. The number of thiazole rings is 1. The van der Waals surface area contributed by atoms with E-state index in [1.807, 2.05) is 12.1 Å². The molecule has 2 aromatic heterocycles. The fraction of sp³-hybridized carbons (Fsp3) is 0.278. The molecule has 0 unspecified atom stereocenters. The van der Waals surface area contributed by atoms with Crippen LogP contribution in [-0.2, 0) is 6.42 Å². The Morgan fingerprint density at radius 3 is 2.46 bits per heavy atom. The van der Waals surface area contributed by atoms with E-state index < -0.39 is 0 Å². The van der Waals surface area contributed by atoms with Gasteiger partial charge in [0.15, 0.2) is 0 Å². The Balaban J connectivity index is 2.14. The zero-order valence-electron chi connectivity index (χ0n) is 14.3. The van der Waals surface area contributed by atoms with Gasteiger partial charge in [0.05, 0.1) is 42.2 Å². The van der Waals surface area contributed by atoms with Gasteiger partial charge in [-0.05, 0) is 36.2 Å². The molecule has 0 saturated carbocycles. The minimum absolute atomic E-state index is 0.162. The van der Waals surface area contributed by atoms with E-state index in [1.54, 1.807) is 32.5 Å². The number of benzene rings is 1. The Morgan fingerprint density at radius 2 is 1.85 bits per heavy atom. The molecule has 0 bridgehead atoms. The van der Waals surface area contributed by atoms with Crippen molar-refractivity contribution in [3.63, 3.8) is 0 Å². The van der Waals surface area contributed by atoms with Crippen molar-refractivity contribution in [1.82, 2.24) is 15.0 Å². The first-order chi connectivity index (χ1) is 12.6. The minimum Gasteiger partial charge on any atom is -0.497 e. The molecule has 1 aromatic carbocycles. The number of nitrogens with zero attached hydrogens (tertiary/aromatic N) is 3. The van der Waals surface area contributed by atoms with E-state index in [2.05, 4.69) is 9.97 Å². The van der Waals surface area contributed by atoms with Crippen molar-refractivity contribution in [1.29, 1.82) is 0 Å². The molecule has 0 amide bonds. The highest BCUT2D eigenvalue weighted by Gasteiger charge is 2.18. The SMILES string of the molecule is COc1cc(OC)cc(-c2nc(CCCF)sc2-c2ccnc(Cl)n2)c1. The Labute approximate surface area is 159 Å². The fourth-order valence-electron chi connectivity index (χ4n) is 2.46. The number of hydrogen-bond donors (Lipinski definition) is 0. The van der Waals surface area contributed by atoms with Gasteiger partial charge in [-0.1, -0.05) is 0 Å². The highest BCUT2D eigenvalue weighted by atomic mass is 35.5. The Hall–Kier alpha value is -2.25. The van der Waals surface area contributed by atoms with Crippen LogP contribution in [0.1, 0.15) is 11.4 Å². The van der Waals surface area contributed by atoms with E-state index in [1.165, 1.54) is 11.3 Å². The van der Waals surface area contributed by atoms with E-state index in [4.69, 9.17) is 26.1 Å². The maximum atomic E-state index is 12.6. The molecular weight excluding hydrogens is 377 g/mol. The van der Waals surface area contributed by atoms with Crippen molar-refractivity contribution < 1.29 is 13.9 Å². The van der Waals surface area contributed by atoms with Gasteiger partial charge < -0.3 is 9.47 Å². The third-order valence-corrected chi connectivity index (χ3v) is 5.00. The fourth-order valence-corrected chi connectivity index (χ4v) is 3.71. The summed E-state index contributed by atoms with van der Waals surface area (Å²) in [6.45, 7) is -0.378. The predicted molar refractivity (Wildman–Crippen MR) is 101 cm³/mol. The third kappa shape index (κ3) is 4.11. The predicted octanol–water partition coefficient (Wildman–Crippen LogP) is 4.84. The Morgan fingerprint density at radius 1 is 1.12 bits per heavy atom. The molecule has 3 rings (SSSR count). The van der Waals surface area contributed by atoms with Crippen LogP contribution in [-0.4, -0.2) is 35.8 Å². The highest BCUT2D eigenvalue weighted by molar-refractivity contribution is 7.15. The first-order valence-corrected chi connectivity index (χ1v) is 9.12. The lowest BCUT2D eigenvalue weighted by Gasteiger charge is -2.08. The topological polar surface area (TPSA) is 57.1 Å². The molecule has 0 aliphatic carbocycles. The molecule has 0 saturated heterocycles. The average Bonchev–Trinajstić information content (AvgIpc) is 3.10. The Bertz CT molecular complexity index is 882. The van der Waals surface area contributed by atoms with Crippen molar-refractivity contribution >= 4 is 22.9 Å².